The molecule has 3 rings (SSSR count). The minimum Gasteiger partial charge on any atom is -0.393 e. The fourth-order valence-corrected chi connectivity index (χ4v) is 3.22. The van der Waals surface area contributed by atoms with Crippen LogP contribution in [0.1, 0.15) is 36.7 Å². The van der Waals surface area contributed by atoms with Crippen molar-refractivity contribution in [3.63, 3.8) is 0 Å². The van der Waals surface area contributed by atoms with Gasteiger partial charge in [-0.05, 0) is 37.3 Å². The summed E-state index contributed by atoms with van der Waals surface area (Å²) in [4.78, 5) is 16.8. The molecule has 0 bridgehead atoms. The van der Waals surface area contributed by atoms with Crippen molar-refractivity contribution >= 4 is 28.4 Å². The minimum absolute atomic E-state index is 0.0830. The number of nitrogens with zero attached hydrogens (tertiary/aromatic N) is 1. The third kappa shape index (κ3) is 2.94. The summed E-state index contributed by atoms with van der Waals surface area (Å²) in [6.45, 7) is 2.04. The SMILES string of the molecule is CC[C@H](NC(=O)c1ccc2cccc(Cl)c2n1)C1CC(O)C1. The van der Waals surface area contributed by atoms with Crippen LogP contribution in [0, 0.1) is 5.92 Å². The molecule has 5 heteroatoms. The highest BCUT2D eigenvalue weighted by Crippen LogP contribution is 2.31. The van der Waals surface area contributed by atoms with Gasteiger partial charge in [-0.3, -0.25) is 4.79 Å². The fraction of sp³-hybridized carbons (Fsp3) is 0.412. The number of fused-ring (bicyclic) bond motifs is 1. The van der Waals surface area contributed by atoms with Crippen LogP contribution in [0.5, 0.6) is 0 Å². The molecule has 1 fully saturated rings. The molecule has 1 heterocycles. The van der Waals surface area contributed by atoms with Crippen molar-refractivity contribution in [2.45, 2.75) is 38.3 Å². The molecule has 1 amide bonds. The largest absolute Gasteiger partial charge is 0.393 e. The number of carbonyl (C=O) groups is 1. The summed E-state index contributed by atoms with van der Waals surface area (Å²) in [5, 5.41) is 13.9. The van der Waals surface area contributed by atoms with E-state index >= 15 is 0 Å². The molecule has 2 N–H and O–H groups in total. The predicted molar refractivity (Wildman–Crippen MR) is 87.0 cm³/mol. The van der Waals surface area contributed by atoms with E-state index in [0.29, 0.717) is 22.2 Å². The Kier molecular flexibility index (Phi) is 4.32. The van der Waals surface area contributed by atoms with Crippen molar-refractivity contribution in [2.24, 2.45) is 5.92 Å². The van der Waals surface area contributed by atoms with Crippen molar-refractivity contribution in [1.82, 2.24) is 10.3 Å². The van der Waals surface area contributed by atoms with Crippen LogP contribution in [0.3, 0.4) is 0 Å². The topological polar surface area (TPSA) is 62.2 Å². The number of aliphatic hydroxyl groups excluding tert-OH is 1. The van der Waals surface area contributed by atoms with E-state index in [0.717, 1.165) is 24.6 Å². The summed E-state index contributed by atoms with van der Waals surface area (Å²) in [6.07, 6.45) is 2.15. The molecule has 0 aliphatic heterocycles. The quantitative estimate of drug-likeness (QED) is 0.910. The summed E-state index contributed by atoms with van der Waals surface area (Å²) < 4.78 is 0. The lowest BCUT2D eigenvalue weighted by Crippen LogP contribution is -2.46. The molecule has 0 spiro atoms. The van der Waals surface area contributed by atoms with Gasteiger partial charge in [0.05, 0.1) is 16.6 Å². The predicted octanol–water partition coefficient (Wildman–Crippen LogP) is 3.17. The van der Waals surface area contributed by atoms with Gasteiger partial charge in [0.1, 0.15) is 5.69 Å². The van der Waals surface area contributed by atoms with Gasteiger partial charge < -0.3 is 10.4 Å². The number of pyridine rings is 1. The molecule has 0 radical (unpaired) electrons. The van der Waals surface area contributed by atoms with Crippen LogP contribution < -0.4 is 5.32 Å². The normalized spacial score (nSPS) is 22.1. The van der Waals surface area contributed by atoms with E-state index in [4.69, 9.17) is 11.6 Å². The van der Waals surface area contributed by atoms with Crippen LogP contribution >= 0.6 is 11.6 Å². The summed E-state index contributed by atoms with van der Waals surface area (Å²) in [5.74, 6) is 0.169. The van der Waals surface area contributed by atoms with E-state index in [-0.39, 0.29) is 18.1 Å². The molecule has 116 valence electrons. The third-order valence-corrected chi connectivity index (χ3v) is 4.68. The summed E-state index contributed by atoms with van der Waals surface area (Å²) in [5.41, 5.74) is 1.02. The van der Waals surface area contributed by atoms with Crippen LogP contribution in [0.4, 0.5) is 0 Å². The Labute approximate surface area is 134 Å². The number of aliphatic hydroxyl groups is 1. The molecule has 1 aromatic heterocycles. The van der Waals surface area contributed by atoms with Crippen molar-refractivity contribution in [3.05, 3.63) is 41.0 Å². The van der Waals surface area contributed by atoms with Gasteiger partial charge in [0.25, 0.3) is 5.91 Å². The Bertz CT molecular complexity index is 698. The van der Waals surface area contributed by atoms with E-state index in [2.05, 4.69) is 10.3 Å². The highest BCUT2D eigenvalue weighted by atomic mass is 35.5. The molecule has 1 atom stereocenters. The Morgan fingerprint density at radius 1 is 1.41 bits per heavy atom. The van der Waals surface area contributed by atoms with Crippen LogP contribution in [0.2, 0.25) is 5.02 Å². The summed E-state index contributed by atoms with van der Waals surface area (Å²) >= 11 is 6.14. The van der Waals surface area contributed by atoms with E-state index in [9.17, 15) is 9.90 Å². The minimum atomic E-state index is -0.214. The number of benzene rings is 1. The van der Waals surface area contributed by atoms with Crippen molar-refractivity contribution in [1.29, 1.82) is 0 Å². The summed E-state index contributed by atoms with van der Waals surface area (Å²) in [7, 11) is 0. The molecule has 1 aromatic carbocycles. The second kappa shape index (κ2) is 6.23. The van der Waals surface area contributed by atoms with E-state index in [1.165, 1.54) is 0 Å². The zero-order chi connectivity index (χ0) is 15.7. The van der Waals surface area contributed by atoms with Crippen LogP contribution in [-0.4, -0.2) is 28.1 Å². The fourth-order valence-electron chi connectivity index (χ4n) is 2.99. The first-order valence-electron chi connectivity index (χ1n) is 7.62. The second-order valence-electron chi connectivity index (χ2n) is 5.88. The average molecular weight is 319 g/mol. The van der Waals surface area contributed by atoms with Gasteiger partial charge in [0, 0.05) is 11.4 Å². The first-order valence-corrected chi connectivity index (χ1v) is 8.00. The molecule has 0 unspecified atom stereocenters. The van der Waals surface area contributed by atoms with Crippen molar-refractivity contribution in [3.8, 4) is 0 Å². The standard InChI is InChI=1S/C17H19ClN2O2/c1-2-14(11-8-12(21)9-11)20-17(22)15-7-6-10-4-3-5-13(18)16(10)19-15/h3-7,11-12,14,21H,2,8-9H2,1H3,(H,20,22)/t11?,12?,14-/m0/s1. The number of amides is 1. The molecule has 4 nitrogen and oxygen atoms in total. The first-order chi connectivity index (χ1) is 10.6. The Hall–Kier alpha value is -1.65. The van der Waals surface area contributed by atoms with Crippen LogP contribution in [-0.2, 0) is 0 Å². The molecule has 2 aromatic rings. The Morgan fingerprint density at radius 3 is 2.86 bits per heavy atom. The number of halogens is 1. The number of hydrogen-bond acceptors (Lipinski definition) is 3. The van der Waals surface area contributed by atoms with Crippen LogP contribution in [0.15, 0.2) is 30.3 Å². The van der Waals surface area contributed by atoms with Gasteiger partial charge in [0.2, 0.25) is 0 Å². The van der Waals surface area contributed by atoms with Crippen LogP contribution in [0.25, 0.3) is 10.9 Å². The molecule has 1 aliphatic rings. The van der Waals surface area contributed by atoms with Gasteiger partial charge in [0.15, 0.2) is 0 Å². The maximum absolute atomic E-state index is 12.4. The second-order valence-corrected chi connectivity index (χ2v) is 6.29. The number of nitrogens with one attached hydrogen (secondary N) is 1. The number of carbonyl (C=O) groups excluding carboxylic acids is 1. The number of para-hydroxylation sites is 1. The van der Waals surface area contributed by atoms with Gasteiger partial charge in [-0.15, -0.1) is 0 Å². The Balaban J connectivity index is 1.78. The zero-order valence-electron chi connectivity index (χ0n) is 12.4. The third-order valence-electron chi connectivity index (χ3n) is 4.38. The Morgan fingerprint density at radius 2 is 2.18 bits per heavy atom. The smallest absolute Gasteiger partial charge is 0.270 e. The lowest BCUT2D eigenvalue weighted by Gasteiger charge is -2.37. The monoisotopic (exact) mass is 318 g/mol. The lowest BCUT2D eigenvalue weighted by atomic mass is 9.76. The van der Waals surface area contributed by atoms with Gasteiger partial charge in [-0.1, -0.05) is 36.7 Å². The molecule has 22 heavy (non-hydrogen) atoms. The maximum atomic E-state index is 12.4. The number of aromatic nitrogens is 1. The van der Waals surface area contributed by atoms with E-state index in [1.54, 1.807) is 12.1 Å². The highest BCUT2D eigenvalue weighted by molar-refractivity contribution is 6.35. The van der Waals surface area contributed by atoms with Gasteiger partial charge >= 0.3 is 0 Å². The molecule has 1 saturated carbocycles. The molecule has 1 aliphatic carbocycles. The number of hydrogen-bond donors (Lipinski definition) is 2. The maximum Gasteiger partial charge on any atom is 0.270 e. The van der Waals surface area contributed by atoms with Gasteiger partial charge in [-0.2, -0.15) is 0 Å². The average Bonchev–Trinajstić information content (AvgIpc) is 2.50. The lowest BCUT2D eigenvalue weighted by molar-refractivity contribution is 0.0232. The first kappa shape index (κ1) is 15.3. The van der Waals surface area contributed by atoms with Crippen molar-refractivity contribution < 1.29 is 9.90 Å². The van der Waals surface area contributed by atoms with Crippen molar-refractivity contribution in [2.75, 3.05) is 0 Å². The van der Waals surface area contributed by atoms with Gasteiger partial charge in [-0.25, -0.2) is 4.98 Å². The molecule has 0 saturated heterocycles. The summed E-state index contributed by atoms with van der Waals surface area (Å²) in [6, 6.07) is 9.21. The zero-order valence-corrected chi connectivity index (χ0v) is 13.2. The highest BCUT2D eigenvalue weighted by Gasteiger charge is 2.34. The number of rotatable bonds is 4. The molecular weight excluding hydrogens is 300 g/mol. The van der Waals surface area contributed by atoms with E-state index in [1.807, 2.05) is 25.1 Å². The molecular formula is C17H19ClN2O2. The van der Waals surface area contributed by atoms with E-state index < -0.39 is 0 Å².